The van der Waals surface area contributed by atoms with Crippen LogP contribution in [0.5, 0.6) is 0 Å². The van der Waals surface area contributed by atoms with Gasteiger partial charge in [0.05, 0.1) is 5.92 Å². The molecule has 114 valence electrons. The molecule has 5 heteroatoms. The number of azide groups is 1. The molecule has 0 saturated carbocycles. The molecule has 0 saturated heterocycles. The van der Waals surface area contributed by atoms with Gasteiger partial charge in [-0.05, 0) is 29.9 Å². The largest absolute Gasteiger partial charge is 0.356 e. The maximum absolute atomic E-state index is 12.4. The topological polar surface area (TPSA) is 77.9 Å². The minimum Gasteiger partial charge on any atom is -0.356 e. The van der Waals surface area contributed by atoms with Crippen molar-refractivity contribution in [3.8, 4) is 0 Å². The van der Waals surface area contributed by atoms with E-state index in [1.54, 1.807) is 0 Å². The lowest BCUT2D eigenvalue weighted by Crippen LogP contribution is -2.33. The molecule has 0 aromatic heterocycles. The summed E-state index contributed by atoms with van der Waals surface area (Å²) < 4.78 is 0. The molecule has 5 nitrogen and oxygen atoms in total. The van der Waals surface area contributed by atoms with Crippen LogP contribution >= 0.6 is 0 Å². The summed E-state index contributed by atoms with van der Waals surface area (Å²) in [6.45, 7) is 5.33. The summed E-state index contributed by atoms with van der Waals surface area (Å²) in [4.78, 5) is 15.1. The zero-order valence-corrected chi connectivity index (χ0v) is 12.8. The number of hydrogen-bond acceptors (Lipinski definition) is 2. The van der Waals surface area contributed by atoms with E-state index in [1.165, 1.54) is 0 Å². The highest BCUT2D eigenvalue weighted by Gasteiger charge is 2.25. The van der Waals surface area contributed by atoms with Crippen molar-refractivity contribution in [3.05, 3.63) is 46.3 Å². The van der Waals surface area contributed by atoms with Gasteiger partial charge in [-0.1, -0.05) is 55.7 Å². The van der Waals surface area contributed by atoms with Gasteiger partial charge in [-0.15, -0.1) is 0 Å². The normalized spacial score (nSPS) is 13.0. The van der Waals surface area contributed by atoms with Gasteiger partial charge in [0.2, 0.25) is 5.91 Å². The van der Waals surface area contributed by atoms with Crippen molar-refractivity contribution in [3.63, 3.8) is 0 Å². The fourth-order valence-corrected chi connectivity index (χ4v) is 2.31. The summed E-state index contributed by atoms with van der Waals surface area (Å²) in [5.41, 5.74) is 9.25. The average Bonchev–Trinajstić information content (AvgIpc) is 2.51. The van der Waals surface area contributed by atoms with Crippen LogP contribution in [-0.4, -0.2) is 19.0 Å². The highest BCUT2D eigenvalue weighted by molar-refractivity contribution is 5.83. The first-order valence-corrected chi connectivity index (χ1v) is 7.54. The molecule has 0 aliphatic rings. The first-order chi connectivity index (χ1) is 10.2. The molecule has 0 aliphatic carbocycles. The molecule has 2 atom stereocenters. The highest BCUT2D eigenvalue weighted by Crippen LogP contribution is 2.27. The summed E-state index contributed by atoms with van der Waals surface area (Å²) >= 11 is 0. The van der Waals surface area contributed by atoms with Gasteiger partial charge in [0, 0.05) is 18.0 Å². The van der Waals surface area contributed by atoms with Gasteiger partial charge in [-0.2, -0.15) is 0 Å². The summed E-state index contributed by atoms with van der Waals surface area (Å²) in [6.07, 6.45) is 2.58. The number of nitrogens with one attached hydrogen (secondary N) is 1. The number of carbonyl (C=O) groups excluding carboxylic acids is 1. The Bertz CT molecular complexity index is 468. The minimum atomic E-state index is -0.103. The molecule has 2 unspecified atom stereocenters. The lowest BCUT2D eigenvalue weighted by molar-refractivity contribution is -0.123. The van der Waals surface area contributed by atoms with Crippen LogP contribution in [0.4, 0.5) is 0 Å². The van der Waals surface area contributed by atoms with Crippen molar-refractivity contribution < 1.29 is 4.79 Å². The molecule has 0 radical (unpaired) electrons. The molecule has 1 rings (SSSR count). The molecular formula is C16H24N4O. The summed E-state index contributed by atoms with van der Waals surface area (Å²) in [5, 5.41) is 6.48. The molecule has 0 spiro atoms. The molecule has 0 fully saturated rings. The molecule has 1 amide bonds. The van der Waals surface area contributed by atoms with Gasteiger partial charge in [0.1, 0.15) is 0 Å². The van der Waals surface area contributed by atoms with Gasteiger partial charge in [-0.3, -0.25) is 4.79 Å². The second-order valence-corrected chi connectivity index (χ2v) is 5.23. The lowest BCUT2D eigenvalue weighted by atomic mass is 9.85. The Balaban J connectivity index is 2.55. The Morgan fingerprint density at radius 2 is 2.05 bits per heavy atom. The van der Waals surface area contributed by atoms with Gasteiger partial charge < -0.3 is 5.32 Å². The van der Waals surface area contributed by atoms with Crippen LogP contribution in [0.15, 0.2) is 35.4 Å². The predicted octanol–water partition coefficient (Wildman–Crippen LogP) is 4.02. The van der Waals surface area contributed by atoms with E-state index in [0.717, 1.165) is 24.8 Å². The van der Waals surface area contributed by atoms with Crippen molar-refractivity contribution in [2.75, 3.05) is 13.1 Å². The third-order valence-corrected chi connectivity index (χ3v) is 3.70. The van der Waals surface area contributed by atoms with Gasteiger partial charge in [0.25, 0.3) is 0 Å². The molecular weight excluding hydrogens is 264 g/mol. The quantitative estimate of drug-likeness (QED) is 0.317. The van der Waals surface area contributed by atoms with E-state index in [1.807, 2.05) is 30.3 Å². The molecule has 1 aromatic carbocycles. The van der Waals surface area contributed by atoms with Crippen molar-refractivity contribution in [1.82, 2.24) is 5.32 Å². The van der Waals surface area contributed by atoms with Crippen LogP contribution in [0.2, 0.25) is 0 Å². The first kappa shape index (κ1) is 17.1. The maximum atomic E-state index is 12.4. The molecule has 0 bridgehead atoms. The Kier molecular flexibility index (Phi) is 7.99. The van der Waals surface area contributed by atoms with E-state index in [4.69, 9.17) is 5.53 Å². The van der Waals surface area contributed by atoms with Crippen LogP contribution in [-0.2, 0) is 4.79 Å². The number of unbranched alkanes of at least 4 members (excludes halogenated alkanes) is 1. The van der Waals surface area contributed by atoms with Gasteiger partial charge in [0.15, 0.2) is 0 Å². The second-order valence-electron chi connectivity index (χ2n) is 5.23. The number of hydrogen-bond donors (Lipinski definition) is 1. The smallest absolute Gasteiger partial charge is 0.227 e. The van der Waals surface area contributed by atoms with Crippen LogP contribution in [0.25, 0.3) is 10.4 Å². The summed E-state index contributed by atoms with van der Waals surface area (Å²) in [5.74, 6) is 0.281. The van der Waals surface area contributed by atoms with Crippen LogP contribution in [0, 0.1) is 5.92 Å². The SMILES string of the molecule is CCC(C)C(C(=O)NCCCCN=[N+]=[N-])c1ccccc1. The Morgan fingerprint density at radius 1 is 1.33 bits per heavy atom. The number of amides is 1. The fourth-order valence-electron chi connectivity index (χ4n) is 2.31. The maximum Gasteiger partial charge on any atom is 0.227 e. The van der Waals surface area contributed by atoms with Crippen molar-refractivity contribution in [1.29, 1.82) is 0 Å². The zero-order chi connectivity index (χ0) is 15.5. The highest BCUT2D eigenvalue weighted by atomic mass is 16.1. The zero-order valence-electron chi connectivity index (χ0n) is 12.8. The first-order valence-electron chi connectivity index (χ1n) is 7.54. The average molecular weight is 288 g/mol. The monoisotopic (exact) mass is 288 g/mol. The van der Waals surface area contributed by atoms with E-state index >= 15 is 0 Å². The summed E-state index contributed by atoms with van der Waals surface area (Å²) in [7, 11) is 0. The summed E-state index contributed by atoms with van der Waals surface area (Å²) in [6, 6.07) is 9.93. The Labute approximate surface area is 126 Å². The molecule has 1 N–H and O–H groups in total. The van der Waals surface area contributed by atoms with Crippen molar-refractivity contribution >= 4 is 5.91 Å². The van der Waals surface area contributed by atoms with E-state index in [2.05, 4.69) is 29.2 Å². The lowest BCUT2D eigenvalue weighted by Gasteiger charge is -2.22. The number of nitrogens with zero attached hydrogens (tertiary/aromatic N) is 3. The van der Waals surface area contributed by atoms with Gasteiger partial charge >= 0.3 is 0 Å². The molecule has 21 heavy (non-hydrogen) atoms. The van der Waals surface area contributed by atoms with Crippen molar-refractivity contribution in [2.45, 2.75) is 39.0 Å². The fraction of sp³-hybridized carbons (Fsp3) is 0.562. The van der Waals surface area contributed by atoms with Crippen LogP contribution in [0.1, 0.15) is 44.6 Å². The molecule has 1 aromatic rings. The van der Waals surface area contributed by atoms with Crippen LogP contribution < -0.4 is 5.32 Å². The van der Waals surface area contributed by atoms with E-state index in [-0.39, 0.29) is 11.8 Å². The molecule has 0 aliphatic heterocycles. The number of carbonyl (C=O) groups is 1. The Morgan fingerprint density at radius 3 is 2.67 bits per heavy atom. The van der Waals surface area contributed by atoms with E-state index in [0.29, 0.717) is 19.0 Å². The third kappa shape index (κ3) is 5.88. The molecule has 0 heterocycles. The second kappa shape index (κ2) is 9.83. The standard InChI is InChI=1S/C16H24N4O/c1-3-13(2)15(14-9-5-4-6-10-14)16(21)18-11-7-8-12-19-20-17/h4-6,9-10,13,15H,3,7-8,11-12H2,1-2H3,(H,18,21). The minimum absolute atomic E-state index is 0.0827. The third-order valence-electron chi connectivity index (χ3n) is 3.70. The Hall–Kier alpha value is -2.00. The number of rotatable bonds is 9. The van der Waals surface area contributed by atoms with E-state index in [9.17, 15) is 4.79 Å². The van der Waals surface area contributed by atoms with Gasteiger partial charge in [-0.25, -0.2) is 0 Å². The van der Waals surface area contributed by atoms with E-state index < -0.39 is 0 Å². The van der Waals surface area contributed by atoms with Crippen molar-refractivity contribution in [2.24, 2.45) is 11.0 Å². The number of benzene rings is 1. The predicted molar refractivity (Wildman–Crippen MR) is 84.9 cm³/mol. The van der Waals surface area contributed by atoms with Crippen LogP contribution in [0.3, 0.4) is 0 Å².